The van der Waals surface area contributed by atoms with E-state index in [-0.39, 0.29) is 56.6 Å². The molecule has 6 spiro atoms. The number of allylic oxidation sites excluding steroid dienone is 3. The van der Waals surface area contributed by atoms with E-state index in [2.05, 4.69) is 204 Å². The van der Waals surface area contributed by atoms with E-state index >= 15 is 0 Å². The molecule has 3 saturated heterocycles. The van der Waals surface area contributed by atoms with Gasteiger partial charge >= 0.3 is 6.09 Å². The summed E-state index contributed by atoms with van der Waals surface area (Å²) in [4.78, 5) is 11.9. The molecule has 7 heteroatoms. The van der Waals surface area contributed by atoms with E-state index in [1.807, 2.05) is 0 Å². The minimum absolute atomic E-state index is 0.0147. The second-order valence-corrected chi connectivity index (χ2v) is 35.5. The number of nitrogens with one attached hydrogen (secondary N) is 1. The summed E-state index contributed by atoms with van der Waals surface area (Å²) in [5.41, 5.74) is 13.9. The predicted octanol–water partition coefficient (Wildman–Crippen LogP) is 22.4. The highest BCUT2D eigenvalue weighted by atomic mass is 16.6. The fourth-order valence-corrected chi connectivity index (χ4v) is 26.0. The minimum Gasteiger partial charge on any atom is -0.446 e. The first-order valence-electron chi connectivity index (χ1n) is 39.9. The molecular weight excluding hydrogens is 1230 g/mol. The van der Waals surface area contributed by atoms with Gasteiger partial charge < -0.3 is 29.0 Å². The largest absolute Gasteiger partial charge is 0.446 e. The van der Waals surface area contributed by atoms with Crippen LogP contribution in [0, 0.1) is 39.9 Å². The van der Waals surface area contributed by atoms with Crippen molar-refractivity contribution in [1.82, 2.24) is 5.32 Å². The van der Waals surface area contributed by atoms with Crippen LogP contribution in [0.25, 0.3) is 32.3 Å². The van der Waals surface area contributed by atoms with Crippen molar-refractivity contribution in [2.75, 3.05) is 13.7 Å². The van der Waals surface area contributed by atoms with E-state index in [0.29, 0.717) is 47.0 Å². The third-order valence-corrected chi connectivity index (χ3v) is 30.8. The molecule has 6 bridgehead atoms. The second-order valence-electron chi connectivity index (χ2n) is 35.5. The number of carbonyl (C=O) groups excluding carboxylic acids is 1. The third kappa shape index (κ3) is 9.63. The average molecular weight is 1330 g/mol. The lowest BCUT2D eigenvalue weighted by molar-refractivity contribution is -0.149. The van der Waals surface area contributed by atoms with Crippen molar-refractivity contribution in [2.24, 2.45) is 39.9 Å². The highest BCUT2D eigenvalue weighted by molar-refractivity contribution is 5.85. The third-order valence-electron chi connectivity index (χ3n) is 30.8. The molecule has 6 saturated carbocycles. The van der Waals surface area contributed by atoms with Crippen LogP contribution in [0.4, 0.5) is 4.79 Å². The molecule has 0 aromatic heterocycles. The van der Waals surface area contributed by atoms with Gasteiger partial charge in [0, 0.05) is 26.5 Å². The Morgan fingerprint density at radius 3 is 1.22 bits per heavy atom. The van der Waals surface area contributed by atoms with E-state index in [0.717, 1.165) is 76.7 Å². The average Bonchev–Trinajstić information content (AvgIpc) is 1.53. The van der Waals surface area contributed by atoms with Crippen LogP contribution in [-0.2, 0) is 23.7 Å². The zero-order valence-electron chi connectivity index (χ0n) is 60.6. The highest BCUT2D eigenvalue weighted by Crippen LogP contribution is 2.73. The number of fused-ring (bicyclic) bond motifs is 6. The molecule has 6 unspecified atom stereocenters. The minimum atomic E-state index is -0.331. The smallest absolute Gasteiger partial charge is 0.407 e. The van der Waals surface area contributed by atoms with E-state index in [4.69, 9.17) is 23.7 Å². The predicted molar refractivity (Wildman–Crippen MR) is 402 cm³/mol. The molecular formula is C93H107NO6. The highest BCUT2D eigenvalue weighted by Gasteiger charge is 2.70. The first kappa shape index (κ1) is 64.5. The monoisotopic (exact) mass is 1330 g/mol. The SMILES string of the molecule is CC1CCC2=CC3=CC[C@]4(C)[C@@H](c5ccc6ccccc6c5)CC[C@H]4C34CC[C@]2(C1)O4.CCCOC1CCC2=CC3=CC[C@]4(C)[C@@H](c5ccc6ccccc6c5)CC[C@H]4C34CC[C@]2(C1)O4.CNC(=O)OC1CCC2=CC3=CC[C@]4(C)[C@@H](c5ccc6ccccc6c5)CC[C@H]4C34CC[C@]2(C1)O4. The summed E-state index contributed by atoms with van der Waals surface area (Å²) in [6.07, 6.45) is 44.3. The molecule has 6 heterocycles. The molecule has 21 rings (SSSR count). The van der Waals surface area contributed by atoms with Gasteiger partial charge in [0.2, 0.25) is 0 Å². The Morgan fingerprint density at radius 2 is 0.820 bits per heavy atom. The Kier molecular flexibility index (Phi) is 15.2. The van der Waals surface area contributed by atoms with Crippen LogP contribution in [-0.4, -0.2) is 65.6 Å². The number of hydrogen-bond acceptors (Lipinski definition) is 6. The Morgan fingerprint density at radius 1 is 0.450 bits per heavy atom. The molecule has 6 aromatic carbocycles. The van der Waals surface area contributed by atoms with Crippen molar-refractivity contribution in [3.05, 3.63) is 214 Å². The molecule has 6 aromatic rings. The molecule has 7 nitrogen and oxygen atoms in total. The number of rotatable bonds is 7. The Labute approximate surface area is 595 Å². The van der Waals surface area contributed by atoms with Gasteiger partial charge in [-0.3, -0.25) is 0 Å². The summed E-state index contributed by atoms with van der Waals surface area (Å²) in [6.45, 7) is 13.2. The molecule has 1 amide bonds. The number of benzene rings is 6. The Balaban J connectivity index is 0.000000105. The zero-order chi connectivity index (χ0) is 67.7. The summed E-state index contributed by atoms with van der Waals surface area (Å²) >= 11 is 0. The lowest BCUT2D eigenvalue weighted by atomic mass is 9.58. The van der Waals surface area contributed by atoms with Gasteiger partial charge in [0.25, 0.3) is 0 Å². The van der Waals surface area contributed by atoms with Crippen LogP contribution in [0.15, 0.2) is 197 Å². The summed E-state index contributed by atoms with van der Waals surface area (Å²) in [5, 5.41) is 10.7. The van der Waals surface area contributed by atoms with Crippen molar-refractivity contribution in [2.45, 2.75) is 259 Å². The van der Waals surface area contributed by atoms with Crippen LogP contribution in [0.3, 0.4) is 0 Å². The number of alkyl carbamates (subject to hydrolysis) is 1. The maximum Gasteiger partial charge on any atom is 0.407 e. The second kappa shape index (κ2) is 23.6. The standard InChI is InChI=1S/C32H38O2.C31H35NO3.C30H34O/c1-3-18-33-27-11-10-25-20-26-14-15-30(2)28(24-9-8-22-6-4-5-7-23(22)19-24)12-13-29(30)32(26)17-16-31(25,21-27)34-32;1-29-14-13-24-18-23-9-10-25(34-28(33)32-2)19-30(23)15-16-31(24,35-30)27(29)12-11-26(29)22-8-7-20-5-3-4-6-21(20)17-22;1-20-7-10-24-18-25-13-14-28(2)26(23-9-8-21-5-3-4-6-22(21)17-23)11-12-27(28)30(25)16-15-29(24,19-20)31-30/h4-9,14,19-20,27-29H,3,10-13,15-18,21H2,1-2H3;3-8,13,17-18,25-27H,9-12,14-16,19H2,1-2H3,(H,32,33);3-6,8-9,13,17-18,20,26-27H,7,10-12,14-16,19H2,1-2H3/t27?,28-,29-,30-,31-,32?;25?,26-,27-,29-,30-,31?;20?,26-,27-,28-,29-,30?/m111/s1. The van der Waals surface area contributed by atoms with E-state index in [9.17, 15) is 4.79 Å². The Hall–Kier alpha value is -6.35. The number of ether oxygens (including phenoxy) is 5. The normalized spacial score (nSPS) is 40.8. The summed E-state index contributed by atoms with van der Waals surface area (Å²) in [7, 11) is 1.63. The van der Waals surface area contributed by atoms with Gasteiger partial charge in [-0.1, -0.05) is 198 Å². The van der Waals surface area contributed by atoms with Crippen molar-refractivity contribution < 1.29 is 28.5 Å². The molecule has 9 fully saturated rings. The fraction of sp³-hybridized carbons (Fsp3) is 0.538. The maximum atomic E-state index is 11.9. The van der Waals surface area contributed by atoms with E-state index in [1.54, 1.807) is 29.3 Å². The number of hydrogen-bond donors (Lipinski definition) is 1. The molecule has 18 atom stereocenters. The quantitative estimate of drug-likeness (QED) is 0.172. The first-order valence-corrected chi connectivity index (χ1v) is 39.9. The lowest BCUT2D eigenvalue weighted by Gasteiger charge is -2.54. The van der Waals surface area contributed by atoms with Crippen LogP contribution >= 0.6 is 0 Å². The van der Waals surface area contributed by atoms with Gasteiger partial charge in [-0.15, -0.1) is 0 Å². The van der Waals surface area contributed by atoms with Crippen molar-refractivity contribution in [3.63, 3.8) is 0 Å². The van der Waals surface area contributed by atoms with Gasteiger partial charge in [0.1, 0.15) is 6.10 Å². The molecule has 0 radical (unpaired) electrons. The topological polar surface area (TPSA) is 75.2 Å². The first-order chi connectivity index (χ1) is 48.5. The lowest BCUT2D eigenvalue weighted by Crippen LogP contribution is -2.54. The van der Waals surface area contributed by atoms with Crippen molar-refractivity contribution in [1.29, 1.82) is 0 Å². The van der Waals surface area contributed by atoms with E-state index < -0.39 is 0 Å². The molecule has 520 valence electrons. The number of carbonyl (C=O) groups is 1. The molecule has 6 aliphatic heterocycles. The van der Waals surface area contributed by atoms with Gasteiger partial charge in [-0.05, 0) is 288 Å². The van der Waals surface area contributed by atoms with Crippen LogP contribution < -0.4 is 5.32 Å². The van der Waals surface area contributed by atoms with Gasteiger partial charge in [-0.2, -0.15) is 0 Å². The number of amides is 1. The fourth-order valence-electron chi connectivity index (χ4n) is 26.0. The van der Waals surface area contributed by atoms with E-state index in [1.165, 1.54) is 156 Å². The molecule has 1 N–H and O–H groups in total. The Bertz CT molecular complexity index is 4510. The zero-order valence-corrected chi connectivity index (χ0v) is 60.6. The van der Waals surface area contributed by atoms with Gasteiger partial charge in [0.15, 0.2) is 0 Å². The maximum absolute atomic E-state index is 11.9. The van der Waals surface area contributed by atoms with Gasteiger partial charge in [0.05, 0.1) is 39.7 Å². The summed E-state index contributed by atoms with van der Waals surface area (Å²) < 4.78 is 34.0. The van der Waals surface area contributed by atoms with Crippen LogP contribution in [0.2, 0.25) is 0 Å². The van der Waals surface area contributed by atoms with Crippen molar-refractivity contribution in [3.8, 4) is 0 Å². The van der Waals surface area contributed by atoms with Gasteiger partial charge in [-0.25, -0.2) is 4.79 Å². The van der Waals surface area contributed by atoms with Crippen LogP contribution in [0.1, 0.15) is 230 Å². The summed E-state index contributed by atoms with van der Waals surface area (Å²) in [5.74, 6) is 4.34. The van der Waals surface area contributed by atoms with Crippen molar-refractivity contribution >= 4 is 38.4 Å². The molecule has 100 heavy (non-hydrogen) atoms. The van der Waals surface area contributed by atoms with Crippen LogP contribution in [0.5, 0.6) is 0 Å². The summed E-state index contributed by atoms with van der Waals surface area (Å²) in [6, 6.07) is 47.9. The molecule has 15 aliphatic rings. The molecule has 9 aliphatic carbocycles.